The fraction of sp³-hybridized carbons (Fsp3) is 0.200. The molecular weight excluding hydrogens is 282 g/mol. The van der Waals surface area contributed by atoms with E-state index in [1.807, 2.05) is 56.3 Å². The van der Waals surface area contributed by atoms with E-state index >= 15 is 0 Å². The van der Waals surface area contributed by atoms with Gasteiger partial charge in [0.2, 0.25) is 0 Å². The van der Waals surface area contributed by atoms with Crippen molar-refractivity contribution in [2.75, 3.05) is 19.8 Å². The monoisotopic (exact) mass is 307 g/mol. The Hall–Kier alpha value is -2.68. The molecule has 0 aliphatic heterocycles. The third-order valence-corrected chi connectivity index (χ3v) is 3.62. The highest BCUT2D eigenvalue weighted by Crippen LogP contribution is 2.23. The summed E-state index contributed by atoms with van der Waals surface area (Å²) in [7, 11) is 4.01. The van der Waals surface area contributed by atoms with Crippen LogP contribution in [0, 0.1) is 6.92 Å². The van der Waals surface area contributed by atoms with Crippen LogP contribution in [-0.2, 0) is 6.42 Å². The van der Waals surface area contributed by atoms with Crippen LogP contribution in [0.15, 0.2) is 67.0 Å². The molecule has 2 aromatic rings. The Kier molecular flexibility index (Phi) is 5.47. The lowest BCUT2D eigenvalue weighted by Crippen LogP contribution is -2.17. The highest BCUT2D eigenvalue weighted by Gasteiger charge is 2.09. The van der Waals surface area contributed by atoms with Crippen LogP contribution in [0.25, 0.3) is 5.70 Å². The Balaban J connectivity index is 2.23. The lowest BCUT2D eigenvalue weighted by atomic mass is 10.0. The van der Waals surface area contributed by atoms with Gasteiger partial charge in [-0.15, -0.1) is 0 Å². The summed E-state index contributed by atoms with van der Waals surface area (Å²) in [6.45, 7) is 6.21. The lowest BCUT2D eigenvalue weighted by Gasteiger charge is -2.19. The first kappa shape index (κ1) is 16.7. The van der Waals surface area contributed by atoms with Gasteiger partial charge in [-0.3, -0.25) is 0 Å². The zero-order valence-electron chi connectivity index (χ0n) is 14.1. The Bertz CT molecular complexity index is 700. The van der Waals surface area contributed by atoms with Crippen molar-refractivity contribution in [2.24, 2.45) is 0 Å². The number of hydrogen-bond acceptors (Lipinski definition) is 3. The molecule has 0 atom stereocenters. The molecule has 23 heavy (non-hydrogen) atoms. The molecule has 0 spiro atoms. The first-order valence-electron chi connectivity index (χ1n) is 7.70. The standard InChI is InChI=1S/C20H25N3/c1-15(13-17-9-6-5-7-10-17)22-20(14-23(3)4)18-11-8-12-19(21)16(18)2/h5-12,14,22H,1,13,21H2,2-4H3/b20-14-. The second-order valence-electron chi connectivity index (χ2n) is 5.92. The summed E-state index contributed by atoms with van der Waals surface area (Å²) in [5.41, 5.74) is 12.2. The van der Waals surface area contributed by atoms with Crippen molar-refractivity contribution in [1.29, 1.82) is 0 Å². The fourth-order valence-electron chi connectivity index (χ4n) is 2.45. The summed E-state index contributed by atoms with van der Waals surface area (Å²) in [4.78, 5) is 2.01. The molecule has 0 aliphatic rings. The van der Waals surface area contributed by atoms with Crippen molar-refractivity contribution in [3.63, 3.8) is 0 Å². The molecule has 0 amide bonds. The maximum Gasteiger partial charge on any atom is 0.0620 e. The molecule has 3 heteroatoms. The predicted molar refractivity (Wildman–Crippen MR) is 99.7 cm³/mol. The highest BCUT2D eigenvalue weighted by atomic mass is 15.1. The Morgan fingerprint density at radius 3 is 2.48 bits per heavy atom. The number of hydrogen-bond donors (Lipinski definition) is 2. The molecule has 0 aliphatic carbocycles. The zero-order valence-corrected chi connectivity index (χ0v) is 14.1. The SMILES string of the molecule is C=C(Cc1ccccc1)N/C(=C\N(C)C)c1cccc(N)c1C. The van der Waals surface area contributed by atoms with E-state index in [4.69, 9.17) is 5.73 Å². The number of allylic oxidation sites excluding steroid dienone is 1. The quantitative estimate of drug-likeness (QED) is 0.798. The molecule has 0 saturated carbocycles. The van der Waals surface area contributed by atoms with Gasteiger partial charge in [-0.25, -0.2) is 0 Å². The number of rotatable bonds is 6. The van der Waals surface area contributed by atoms with Gasteiger partial charge in [-0.2, -0.15) is 0 Å². The van der Waals surface area contributed by atoms with Gasteiger partial charge in [0.25, 0.3) is 0 Å². The summed E-state index contributed by atoms with van der Waals surface area (Å²) in [6.07, 6.45) is 2.84. The van der Waals surface area contributed by atoms with Crippen LogP contribution in [0.4, 0.5) is 5.69 Å². The molecule has 2 aromatic carbocycles. The van der Waals surface area contributed by atoms with E-state index in [0.29, 0.717) is 0 Å². The molecule has 0 aromatic heterocycles. The van der Waals surface area contributed by atoms with Crippen LogP contribution >= 0.6 is 0 Å². The third kappa shape index (κ3) is 4.65. The Morgan fingerprint density at radius 2 is 1.83 bits per heavy atom. The molecule has 0 saturated heterocycles. The average molecular weight is 307 g/mol. The Labute approximate surface area is 139 Å². The number of nitrogen functional groups attached to an aromatic ring is 1. The maximum absolute atomic E-state index is 6.05. The van der Waals surface area contributed by atoms with Crippen LogP contribution in [0.2, 0.25) is 0 Å². The van der Waals surface area contributed by atoms with E-state index in [2.05, 4.69) is 36.3 Å². The number of nitrogens with two attached hydrogens (primary N) is 1. The van der Waals surface area contributed by atoms with E-state index in [0.717, 1.165) is 34.6 Å². The first-order chi connectivity index (χ1) is 11.0. The van der Waals surface area contributed by atoms with Crippen LogP contribution in [0.3, 0.4) is 0 Å². The maximum atomic E-state index is 6.05. The summed E-state index contributed by atoms with van der Waals surface area (Å²) in [5.74, 6) is 0. The van der Waals surface area contributed by atoms with Gasteiger partial charge in [-0.1, -0.05) is 49.0 Å². The van der Waals surface area contributed by atoms with Crippen molar-refractivity contribution in [2.45, 2.75) is 13.3 Å². The van der Waals surface area contributed by atoms with Gasteiger partial charge in [-0.05, 0) is 24.1 Å². The Morgan fingerprint density at radius 1 is 1.13 bits per heavy atom. The normalized spacial score (nSPS) is 11.2. The molecule has 0 bridgehead atoms. The minimum Gasteiger partial charge on any atom is -0.398 e. The molecule has 0 fully saturated rings. The van der Waals surface area contributed by atoms with Crippen LogP contribution < -0.4 is 11.1 Å². The molecule has 120 valence electrons. The van der Waals surface area contributed by atoms with Gasteiger partial charge < -0.3 is 16.0 Å². The van der Waals surface area contributed by atoms with Crippen molar-refractivity contribution in [3.8, 4) is 0 Å². The summed E-state index contributed by atoms with van der Waals surface area (Å²) >= 11 is 0. The van der Waals surface area contributed by atoms with Crippen molar-refractivity contribution < 1.29 is 0 Å². The second-order valence-corrected chi connectivity index (χ2v) is 5.92. The molecule has 2 rings (SSSR count). The highest BCUT2D eigenvalue weighted by molar-refractivity contribution is 5.72. The van der Waals surface area contributed by atoms with Gasteiger partial charge >= 0.3 is 0 Å². The minimum absolute atomic E-state index is 0.785. The van der Waals surface area contributed by atoms with E-state index in [-0.39, 0.29) is 0 Å². The van der Waals surface area contributed by atoms with Crippen LogP contribution in [-0.4, -0.2) is 19.0 Å². The van der Waals surface area contributed by atoms with Crippen molar-refractivity contribution >= 4 is 11.4 Å². The van der Waals surface area contributed by atoms with Gasteiger partial charge in [0.1, 0.15) is 0 Å². The predicted octanol–water partition coefficient (Wildman–Crippen LogP) is 3.78. The van der Waals surface area contributed by atoms with E-state index in [1.165, 1.54) is 5.56 Å². The van der Waals surface area contributed by atoms with E-state index < -0.39 is 0 Å². The zero-order chi connectivity index (χ0) is 16.8. The molecule has 0 heterocycles. The number of nitrogens with zero attached hydrogens (tertiary/aromatic N) is 1. The molecule has 3 nitrogen and oxygen atoms in total. The van der Waals surface area contributed by atoms with E-state index in [9.17, 15) is 0 Å². The largest absolute Gasteiger partial charge is 0.398 e. The number of nitrogens with one attached hydrogen (secondary N) is 1. The summed E-state index contributed by atoms with van der Waals surface area (Å²) in [6, 6.07) is 16.3. The minimum atomic E-state index is 0.785. The van der Waals surface area contributed by atoms with E-state index in [1.54, 1.807) is 0 Å². The van der Waals surface area contributed by atoms with Crippen molar-refractivity contribution in [3.05, 3.63) is 83.7 Å². The smallest absolute Gasteiger partial charge is 0.0620 e. The third-order valence-electron chi connectivity index (χ3n) is 3.62. The number of anilines is 1. The summed E-state index contributed by atoms with van der Waals surface area (Å²) in [5, 5.41) is 3.45. The molecule has 3 N–H and O–H groups in total. The fourth-order valence-corrected chi connectivity index (χ4v) is 2.45. The van der Waals surface area contributed by atoms with Gasteiger partial charge in [0.05, 0.1) is 5.70 Å². The second kappa shape index (κ2) is 7.54. The molecule has 0 unspecified atom stereocenters. The number of benzene rings is 2. The van der Waals surface area contributed by atoms with Crippen LogP contribution in [0.1, 0.15) is 16.7 Å². The van der Waals surface area contributed by atoms with Gasteiger partial charge in [0.15, 0.2) is 0 Å². The van der Waals surface area contributed by atoms with Crippen LogP contribution in [0.5, 0.6) is 0 Å². The topological polar surface area (TPSA) is 41.3 Å². The summed E-state index contributed by atoms with van der Waals surface area (Å²) < 4.78 is 0. The lowest BCUT2D eigenvalue weighted by molar-refractivity contribution is 0.563. The van der Waals surface area contributed by atoms with Crippen molar-refractivity contribution in [1.82, 2.24) is 10.2 Å². The molecule has 0 radical (unpaired) electrons. The average Bonchev–Trinajstić information content (AvgIpc) is 2.50. The van der Waals surface area contributed by atoms with Gasteiger partial charge in [0, 0.05) is 43.7 Å². The molecular formula is C20H25N3. The first-order valence-corrected chi connectivity index (χ1v) is 7.70.